The molecule has 2 aromatic rings. The van der Waals surface area contributed by atoms with E-state index in [1.54, 1.807) is 12.1 Å². The van der Waals surface area contributed by atoms with E-state index in [0.29, 0.717) is 23.6 Å². The Morgan fingerprint density at radius 2 is 1.80 bits per heavy atom. The molecule has 0 spiro atoms. The molecule has 0 aliphatic rings. The number of nitrogens with one attached hydrogen (secondary N) is 2. The van der Waals surface area contributed by atoms with E-state index in [4.69, 9.17) is 0 Å². The van der Waals surface area contributed by atoms with Gasteiger partial charge in [-0.15, -0.1) is 0 Å². The van der Waals surface area contributed by atoms with Crippen LogP contribution in [0.15, 0.2) is 30.5 Å². The van der Waals surface area contributed by atoms with Gasteiger partial charge in [-0.05, 0) is 12.5 Å². The lowest BCUT2D eigenvalue weighted by atomic mass is 10.2. The summed E-state index contributed by atoms with van der Waals surface area (Å²) in [6.45, 7) is 2.76. The van der Waals surface area contributed by atoms with E-state index in [1.165, 1.54) is 6.20 Å². The van der Waals surface area contributed by atoms with Gasteiger partial charge in [0.15, 0.2) is 11.6 Å². The first-order valence-corrected chi connectivity index (χ1v) is 6.21. The Morgan fingerprint density at radius 1 is 1.10 bits per heavy atom. The summed E-state index contributed by atoms with van der Waals surface area (Å²) in [6.07, 6.45) is 2.44. The second kappa shape index (κ2) is 6.27. The van der Waals surface area contributed by atoms with E-state index in [9.17, 15) is 13.2 Å². The lowest BCUT2D eigenvalue weighted by molar-refractivity contribution is 0.549. The highest BCUT2D eigenvalue weighted by Gasteiger charge is 2.11. The molecular weight excluding hydrogens is 267 g/mol. The number of nitrogens with zero attached hydrogens (tertiary/aromatic N) is 1. The van der Waals surface area contributed by atoms with Crippen molar-refractivity contribution in [3.63, 3.8) is 0 Å². The van der Waals surface area contributed by atoms with E-state index >= 15 is 0 Å². The van der Waals surface area contributed by atoms with Crippen LogP contribution in [0.25, 0.3) is 0 Å². The van der Waals surface area contributed by atoms with Crippen molar-refractivity contribution in [1.29, 1.82) is 0 Å². The van der Waals surface area contributed by atoms with Crippen molar-refractivity contribution in [2.45, 2.75) is 13.3 Å². The predicted molar refractivity (Wildman–Crippen MR) is 72.6 cm³/mol. The smallest absolute Gasteiger partial charge is 0.152 e. The minimum Gasteiger partial charge on any atom is -0.370 e. The number of aromatic nitrogens is 1. The van der Waals surface area contributed by atoms with E-state index in [1.807, 2.05) is 6.92 Å². The first kappa shape index (κ1) is 14.2. The predicted octanol–water partition coefficient (Wildman–Crippen LogP) is 4.06. The lowest BCUT2D eigenvalue weighted by Gasteiger charge is -2.10. The first-order valence-electron chi connectivity index (χ1n) is 6.21. The fourth-order valence-electron chi connectivity index (χ4n) is 1.66. The Labute approximate surface area is 114 Å². The summed E-state index contributed by atoms with van der Waals surface area (Å²) in [5.41, 5.74) is 0.0713. The molecule has 20 heavy (non-hydrogen) atoms. The molecule has 0 bridgehead atoms. The molecule has 0 unspecified atom stereocenters. The molecule has 0 aliphatic carbocycles. The van der Waals surface area contributed by atoms with Gasteiger partial charge in [-0.1, -0.05) is 6.92 Å². The molecule has 3 nitrogen and oxygen atoms in total. The number of benzene rings is 1. The lowest BCUT2D eigenvalue weighted by Crippen LogP contribution is -2.03. The minimum absolute atomic E-state index is 0.390. The van der Waals surface area contributed by atoms with Crippen LogP contribution in [0.2, 0.25) is 0 Å². The molecule has 0 fully saturated rings. The minimum atomic E-state index is -0.984. The Kier molecular flexibility index (Phi) is 4.45. The van der Waals surface area contributed by atoms with Gasteiger partial charge in [0.05, 0.1) is 0 Å². The third kappa shape index (κ3) is 3.40. The zero-order chi connectivity index (χ0) is 14.5. The van der Waals surface area contributed by atoms with Crippen molar-refractivity contribution in [2.75, 3.05) is 17.2 Å². The largest absolute Gasteiger partial charge is 0.370 e. The summed E-state index contributed by atoms with van der Waals surface area (Å²) in [5.74, 6) is -2.32. The summed E-state index contributed by atoms with van der Waals surface area (Å²) in [7, 11) is 0. The number of halogens is 3. The third-order valence-electron chi connectivity index (χ3n) is 2.59. The second-order valence-corrected chi connectivity index (χ2v) is 4.23. The average Bonchev–Trinajstić information content (AvgIpc) is 2.41. The van der Waals surface area contributed by atoms with Gasteiger partial charge < -0.3 is 10.6 Å². The van der Waals surface area contributed by atoms with Crippen LogP contribution in [0, 0.1) is 17.5 Å². The van der Waals surface area contributed by atoms with Crippen LogP contribution in [-0.2, 0) is 0 Å². The third-order valence-corrected chi connectivity index (χ3v) is 2.59. The summed E-state index contributed by atoms with van der Waals surface area (Å²) in [5, 5.41) is 5.65. The Balaban J connectivity index is 2.22. The molecular formula is C14H14F3N3. The number of hydrogen-bond donors (Lipinski definition) is 2. The van der Waals surface area contributed by atoms with Crippen LogP contribution in [0.4, 0.5) is 30.4 Å². The summed E-state index contributed by atoms with van der Waals surface area (Å²) in [4.78, 5) is 4.08. The van der Waals surface area contributed by atoms with Crippen molar-refractivity contribution >= 4 is 17.2 Å². The van der Waals surface area contributed by atoms with E-state index in [0.717, 1.165) is 13.0 Å². The molecule has 1 heterocycles. The number of anilines is 3. The zero-order valence-corrected chi connectivity index (χ0v) is 10.9. The van der Waals surface area contributed by atoms with Crippen molar-refractivity contribution in [2.24, 2.45) is 0 Å². The molecule has 0 radical (unpaired) electrons. The standard InChI is InChI=1S/C14H14F3N3/c1-2-4-18-13-8-10(3-5-19-13)20-14-11(16)6-9(15)7-12(14)17/h3,5-8H,2,4H2,1H3,(H2,18,19,20). The maximum absolute atomic E-state index is 13.5. The van der Waals surface area contributed by atoms with E-state index in [2.05, 4.69) is 15.6 Å². The summed E-state index contributed by atoms with van der Waals surface area (Å²) >= 11 is 0. The van der Waals surface area contributed by atoms with Crippen LogP contribution in [0.5, 0.6) is 0 Å². The maximum Gasteiger partial charge on any atom is 0.152 e. The molecule has 106 valence electrons. The maximum atomic E-state index is 13.5. The number of pyridine rings is 1. The highest BCUT2D eigenvalue weighted by Crippen LogP contribution is 2.25. The monoisotopic (exact) mass is 281 g/mol. The highest BCUT2D eigenvalue weighted by molar-refractivity contribution is 5.63. The average molecular weight is 281 g/mol. The Bertz CT molecular complexity index is 579. The van der Waals surface area contributed by atoms with Crippen LogP contribution in [0.1, 0.15) is 13.3 Å². The Morgan fingerprint density at radius 3 is 2.45 bits per heavy atom. The van der Waals surface area contributed by atoms with Crippen LogP contribution < -0.4 is 10.6 Å². The molecule has 0 saturated heterocycles. The topological polar surface area (TPSA) is 37.0 Å². The van der Waals surface area contributed by atoms with Gasteiger partial charge in [-0.25, -0.2) is 18.2 Å². The highest BCUT2D eigenvalue weighted by atomic mass is 19.1. The number of rotatable bonds is 5. The van der Waals surface area contributed by atoms with Gasteiger partial charge in [0.1, 0.15) is 17.3 Å². The van der Waals surface area contributed by atoms with Gasteiger partial charge in [-0.3, -0.25) is 0 Å². The van der Waals surface area contributed by atoms with Crippen molar-refractivity contribution < 1.29 is 13.2 Å². The molecule has 0 atom stereocenters. The molecule has 2 N–H and O–H groups in total. The fourth-order valence-corrected chi connectivity index (χ4v) is 1.66. The van der Waals surface area contributed by atoms with Crippen LogP contribution in [-0.4, -0.2) is 11.5 Å². The summed E-state index contributed by atoms with van der Waals surface area (Å²) < 4.78 is 39.9. The van der Waals surface area contributed by atoms with Crippen molar-refractivity contribution in [1.82, 2.24) is 4.98 Å². The first-order chi connectivity index (χ1) is 9.60. The zero-order valence-electron chi connectivity index (χ0n) is 10.9. The number of hydrogen-bond acceptors (Lipinski definition) is 3. The van der Waals surface area contributed by atoms with Gasteiger partial charge in [-0.2, -0.15) is 0 Å². The molecule has 1 aromatic heterocycles. The van der Waals surface area contributed by atoms with E-state index in [-0.39, 0.29) is 5.69 Å². The van der Waals surface area contributed by atoms with Gasteiger partial charge in [0.2, 0.25) is 0 Å². The molecule has 1 aromatic carbocycles. The quantitative estimate of drug-likeness (QED) is 0.867. The van der Waals surface area contributed by atoms with Crippen LogP contribution in [0.3, 0.4) is 0 Å². The van der Waals surface area contributed by atoms with Gasteiger partial charge in [0, 0.05) is 36.6 Å². The SMILES string of the molecule is CCCNc1cc(Nc2c(F)cc(F)cc2F)ccn1. The molecule has 0 saturated carbocycles. The van der Waals surface area contributed by atoms with Crippen molar-refractivity contribution in [3.8, 4) is 0 Å². The normalized spacial score (nSPS) is 10.4. The summed E-state index contributed by atoms with van der Waals surface area (Å²) in [6, 6.07) is 4.45. The molecule has 0 aliphatic heterocycles. The molecule has 0 amide bonds. The van der Waals surface area contributed by atoms with Gasteiger partial charge >= 0.3 is 0 Å². The Hall–Kier alpha value is -2.24. The second-order valence-electron chi connectivity index (χ2n) is 4.23. The molecule has 6 heteroatoms. The fraction of sp³-hybridized carbons (Fsp3) is 0.214. The molecule has 2 rings (SSSR count). The van der Waals surface area contributed by atoms with Gasteiger partial charge in [0.25, 0.3) is 0 Å². The van der Waals surface area contributed by atoms with Crippen molar-refractivity contribution in [3.05, 3.63) is 47.9 Å². The van der Waals surface area contributed by atoms with E-state index < -0.39 is 17.5 Å². The van der Waals surface area contributed by atoms with Crippen LogP contribution >= 0.6 is 0 Å².